The summed E-state index contributed by atoms with van der Waals surface area (Å²) in [5.74, 6) is 0.447. The lowest BCUT2D eigenvalue weighted by Crippen LogP contribution is -2.32. The minimum atomic E-state index is -0.221. The zero-order valence-corrected chi connectivity index (χ0v) is 15.0. The summed E-state index contributed by atoms with van der Waals surface area (Å²) in [5, 5.41) is 5.75. The average Bonchev–Trinajstić information content (AvgIpc) is 2.59. The van der Waals surface area contributed by atoms with E-state index in [0.29, 0.717) is 30.0 Å². The number of amides is 2. The first-order valence-corrected chi connectivity index (χ1v) is 8.48. The standard InChI is InChI=1S/C21H22N2O3/c1-4-11-26-16-8-5-14(6-9-16)20(25)22-15-7-10-17-18(12-15)23-19(24)13-21(17,2)3/h4-10,12H,1,11,13H2,2-3H3,(H,22,25)(H,23,24). The van der Waals surface area contributed by atoms with E-state index in [0.717, 1.165) is 11.3 Å². The lowest BCUT2D eigenvalue weighted by Gasteiger charge is -2.32. The summed E-state index contributed by atoms with van der Waals surface area (Å²) in [6, 6.07) is 12.5. The van der Waals surface area contributed by atoms with E-state index in [2.05, 4.69) is 17.2 Å². The fraction of sp³-hybridized carbons (Fsp3) is 0.238. The first-order valence-electron chi connectivity index (χ1n) is 8.48. The number of hydrogen-bond donors (Lipinski definition) is 2. The summed E-state index contributed by atoms with van der Waals surface area (Å²) in [5.41, 5.74) is 2.76. The Balaban J connectivity index is 1.75. The predicted molar refractivity (Wildman–Crippen MR) is 103 cm³/mol. The minimum Gasteiger partial charge on any atom is -0.490 e. The molecule has 1 heterocycles. The molecule has 0 aliphatic carbocycles. The van der Waals surface area contributed by atoms with Crippen molar-refractivity contribution in [2.75, 3.05) is 17.2 Å². The van der Waals surface area contributed by atoms with Gasteiger partial charge >= 0.3 is 0 Å². The van der Waals surface area contributed by atoms with E-state index >= 15 is 0 Å². The molecule has 0 fully saturated rings. The van der Waals surface area contributed by atoms with Crippen molar-refractivity contribution in [3.8, 4) is 5.75 Å². The normalized spacial score (nSPS) is 14.8. The Morgan fingerprint density at radius 3 is 2.69 bits per heavy atom. The third kappa shape index (κ3) is 3.77. The lowest BCUT2D eigenvalue weighted by atomic mass is 9.78. The van der Waals surface area contributed by atoms with Gasteiger partial charge in [-0.3, -0.25) is 9.59 Å². The molecule has 5 heteroatoms. The fourth-order valence-corrected chi connectivity index (χ4v) is 3.07. The molecule has 0 saturated heterocycles. The molecule has 2 amide bonds. The Hall–Kier alpha value is -3.08. The Kier molecular flexibility index (Phi) is 4.80. The summed E-state index contributed by atoms with van der Waals surface area (Å²) in [6.07, 6.45) is 2.11. The molecule has 2 aromatic carbocycles. The molecule has 134 valence electrons. The van der Waals surface area contributed by atoms with Crippen molar-refractivity contribution in [3.63, 3.8) is 0 Å². The second-order valence-corrected chi connectivity index (χ2v) is 6.95. The Bertz CT molecular complexity index is 854. The van der Waals surface area contributed by atoms with E-state index in [1.54, 1.807) is 36.4 Å². The van der Waals surface area contributed by atoms with Gasteiger partial charge in [0.2, 0.25) is 5.91 Å². The lowest BCUT2D eigenvalue weighted by molar-refractivity contribution is -0.117. The van der Waals surface area contributed by atoms with Crippen molar-refractivity contribution < 1.29 is 14.3 Å². The summed E-state index contributed by atoms with van der Waals surface area (Å²) < 4.78 is 5.41. The van der Waals surface area contributed by atoms with Crippen LogP contribution in [0.15, 0.2) is 55.1 Å². The number of carbonyl (C=O) groups excluding carboxylic acids is 2. The highest BCUT2D eigenvalue weighted by molar-refractivity contribution is 6.05. The van der Waals surface area contributed by atoms with Crippen molar-refractivity contribution >= 4 is 23.2 Å². The number of carbonyl (C=O) groups is 2. The van der Waals surface area contributed by atoms with Crippen LogP contribution in [0.3, 0.4) is 0 Å². The van der Waals surface area contributed by atoms with Crippen molar-refractivity contribution in [3.05, 3.63) is 66.2 Å². The van der Waals surface area contributed by atoms with Crippen molar-refractivity contribution in [2.45, 2.75) is 25.7 Å². The van der Waals surface area contributed by atoms with Gasteiger partial charge in [-0.2, -0.15) is 0 Å². The van der Waals surface area contributed by atoms with Crippen LogP contribution in [0.4, 0.5) is 11.4 Å². The highest BCUT2D eigenvalue weighted by Crippen LogP contribution is 2.38. The first kappa shape index (κ1) is 17.7. The van der Waals surface area contributed by atoms with Crippen LogP contribution in [0.25, 0.3) is 0 Å². The minimum absolute atomic E-state index is 0.0129. The number of rotatable bonds is 5. The van der Waals surface area contributed by atoms with Gasteiger partial charge in [0.25, 0.3) is 5.91 Å². The Labute approximate surface area is 153 Å². The molecule has 26 heavy (non-hydrogen) atoms. The molecule has 0 saturated carbocycles. The van der Waals surface area contributed by atoms with Gasteiger partial charge in [-0.25, -0.2) is 0 Å². The largest absolute Gasteiger partial charge is 0.490 e. The van der Waals surface area contributed by atoms with E-state index in [9.17, 15) is 9.59 Å². The molecule has 0 bridgehead atoms. The maximum Gasteiger partial charge on any atom is 0.255 e. The second kappa shape index (κ2) is 7.04. The molecule has 3 rings (SSSR count). The Morgan fingerprint density at radius 1 is 1.27 bits per heavy atom. The maximum absolute atomic E-state index is 12.4. The van der Waals surface area contributed by atoms with Crippen LogP contribution in [-0.4, -0.2) is 18.4 Å². The molecule has 2 aromatic rings. The van der Waals surface area contributed by atoms with Crippen LogP contribution in [0.2, 0.25) is 0 Å². The number of fused-ring (bicyclic) bond motifs is 1. The van der Waals surface area contributed by atoms with Crippen LogP contribution >= 0.6 is 0 Å². The van der Waals surface area contributed by atoms with Gasteiger partial charge in [0.1, 0.15) is 12.4 Å². The van der Waals surface area contributed by atoms with Gasteiger partial charge in [0.05, 0.1) is 0 Å². The molecular weight excluding hydrogens is 328 g/mol. The van der Waals surface area contributed by atoms with Crippen molar-refractivity contribution in [1.29, 1.82) is 0 Å². The number of ether oxygens (including phenoxy) is 1. The highest BCUT2D eigenvalue weighted by atomic mass is 16.5. The van der Waals surface area contributed by atoms with Gasteiger partial charge in [0, 0.05) is 28.8 Å². The summed E-state index contributed by atoms with van der Waals surface area (Å²) >= 11 is 0. The summed E-state index contributed by atoms with van der Waals surface area (Å²) in [6.45, 7) is 8.10. The van der Waals surface area contributed by atoms with Gasteiger partial charge in [-0.1, -0.05) is 32.6 Å². The van der Waals surface area contributed by atoms with Crippen molar-refractivity contribution in [1.82, 2.24) is 0 Å². The molecule has 0 aromatic heterocycles. The van der Waals surface area contributed by atoms with Gasteiger partial charge in [-0.05, 0) is 42.0 Å². The SMILES string of the molecule is C=CCOc1ccc(C(=O)Nc2ccc3c(c2)NC(=O)CC3(C)C)cc1. The van der Waals surface area contributed by atoms with E-state index in [1.165, 1.54) is 0 Å². The van der Waals surface area contributed by atoms with E-state index in [4.69, 9.17) is 4.74 Å². The monoisotopic (exact) mass is 350 g/mol. The summed E-state index contributed by atoms with van der Waals surface area (Å²) in [7, 11) is 0. The second-order valence-electron chi connectivity index (χ2n) is 6.95. The van der Waals surface area contributed by atoms with Crippen LogP contribution in [0, 0.1) is 0 Å². The molecule has 0 atom stereocenters. The highest BCUT2D eigenvalue weighted by Gasteiger charge is 2.31. The molecule has 0 spiro atoms. The average molecular weight is 350 g/mol. The van der Waals surface area contributed by atoms with Gasteiger partial charge in [0.15, 0.2) is 0 Å². The van der Waals surface area contributed by atoms with Crippen LogP contribution in [0.5, 0.6) is 5.75 Å². The van der Waals surface area contributed by atoms with Gasteiger partial charge < -0.3 is 15.4 Å². The van der Waals surface area contributed by atoms with Crippen LogP contribution < -0.4 is 15.4 Å². The van der Waals surface area contributed by atoms with E-state index in [1.807, 2.05) is 26.0 Å². The van der Waals surface area contributed by atoms with Crippen LogP contribution in [0.1, 0.15) is 36.2 Å². The molecule has 1 aliphatic heterocycles. The predicted octanol–water partition coefficient (Wildman–Crippen LogP) is 4.12. The van der Waals surface area contributed by atoms with E-state index in [-0.39, 0.29) is 17.2 Å². The zero-order chi connectivity index (χ0) is 18.7. The number of benzene rings is 2. The number of nitrogens with one attached hydrogen (secondary N) is 2. The third-order valence-corrected chi connectivity index (χ3v) is 4.37. The van der Waals surface area contributed by atoms with E-state index < -0.39 is 0 Å². The number of anilines is 2. The molecule has 2 N–H and O–H groups in total. The maximum atomic E-state index is 12.4. The third-order valence-electron chi connectivity index (χ3n) is 4.37. The number of hydrogen-bond acceptors (Lipinski definition) is 3. The topological polar surface area (TPSA) is 67.4 Å². The quantitative estimate of drug-likeness (QED) is 0.797. The fourth-order valence-electron chi connectivity index (χ4n) is 3.07. The zero-order valence-electron chi connectivity index (χ0n) is 15.0. The molecule has 5 nitrogen and oxygen atoms in total. The summed E-state index contributed by atoms with van der Waals surface area (Å²) in [4.78, 5) is 24.3. The smallest absolute Gasteiger partial charge is 0.255 e. The molecule has 1 aliphatic rings. The molecule has 0 radical (unpaired) electrons. The Morgan fingerprint density at radius 2 is 2.00 bits per heavy atom. The first-order chi connectivity index (χ1) is 12.4. The molecule has 0 unspecified atom stereocenters. The van der Waals surface area contributed by atoms with Crippen molar-refractivity contribution in [2.24, 2.45) is 0 Å². The van der Waals surface area contributed by atoms with Crippen LogP contribution in [-0.2, 0) is 10.2 Å². The van der Waals surface area contributed by atoms with Gasteiger partial charge in [-0.15, -0.1) is 0 Å². The molecular formula is C21H22N2O3.